The van der Waals surface area contributed by atoms with Crippen molar-refractivity contribution in [1.29, 1.82) is 0 Å². The standard InChI is InChI=1S/C22H26FNO3S/c1-2-26-21(25)12-10-16-9-11-18(14-20(16)23)27-15-17-6-5-13-24-22(17)28-19-7-3-4-8-19/h5-6,9,11,13-14,19H,2-4,7-8,10,12,15H2,1H3. The first kappa shape index (κ1) is 20.6. The fourth-order valence-corrected chi connectivity index (χ4v) is 4.54. The van der Waals surface area contributed by atoms with E-state index in [0.29, 0.717) is 36.2 Å². The maximum absolute atomic E-state index is 14.3. The Morgan fingerprint density at radius 1 is 1.25 bits per heavy atom. The summed E-state index contributed by atoms with van der Waals surface area (Å²) in [5.41, 5.74) is 1.51. The molecule has 1 aliphatic rings. The van der Waals surface area contributed by atoms with Gasteiger partial charge in [-0.15, -0.1) is 11.8 Å². The Balaban J connectivity index is 1.57. The lowest BCUT2D eigenvalue weighted by Gasteiger charge is -2.13. The van der Waals surface area contributed by atoms with Gasteiger partial charge in [-0.25, -0.2) is 9.37 Å². The molecule has 0 spiro atoms. The molecule has 1 heterocycles. The number of hydrogen-bond donors (Lipinski definition) is 0. The zero-order chi connectivity index (χ0) is 19.8. The highest BCUT2D eigenvalue weighted by Gasteiger charge is 2.18. The smallest absolute Gasteiger partial charge is 0.306 e. The van der Waals surface area contributed by atoms with Crippen LogP contribution in [0.5, 0.6) is 5.75 Å². The van der Waals surface area contributed by atoms with E-state index in [2.05, 4.69) is 4.98 Å². The van der Waals surface area contributed by atoms with E-state index in [1.807, 2.05) is 23.9 Å². The molecular weight excluding hydrogens is 377 g/mol. The number of carbonyl (C=O) groups is 1. The van der Waals surface area contributed by atoms with E-state index in [-0.39, 0.29) is 18.2 Å². The molecule has 0 radical (unpaired) electrons. The van der Waals surface area contributed by atoms with Crippen molar-refractivity contribution >= 4 is 17.7 Å². The quantitative estimate of drug-likeness (QED) is 0.530. The Bertz CT molecular complexity index is 793. The molecule has 1 aromatic carbocycles. The fourth-order valence-electron chi connectivity index (χ4n) is 3.26. The van der Waals surface area contributed by atoms with Gasteiger partial charge in [0.15, 0.2) is 0 Å². The summed E-state index contributed by atoms with van der Waals surface area (Å²) in [6, 6.07) is 8.69. The molecule has 150 valence electrons. The Kier molecular flexibility index (Phi) is 7.71. The molecule has 0 saturated heterocycles. The molecular formula is C22H26FNO3S. The molecule has 0 bridgehead atoms. The topological polar surface area (TPSA) is 48.4 Å². The summed E-state index contributed by atoms with van der Waals surface area (Å²) in [4.78, 5) is 15.9. The number of halogens is 1. The minimum absolute atomic E-state index is 0.169. The molecule has 28 heavy (non-hydrogen) atoms. The minimum atomic E-state index is -0.367. The van der Waals surface area contributed by atoms with Crippen LogP contribution in [0, 0.1) is 5.82 Å². The first-order valence-electron chi connectivity index (χ1n) is 9.83. The fraction of sp³-hybridized carbons (Fsp3) is 0.455. The van der Waals surface area contributed by atoms with Gasteiger partial charge >= 0.3 is 5.97 Å². The van der Waals surface area contributed by atoms with E-state index < -0.39 is 0 Å². The van der Waals surface area contributed by atoms with Crippen molar-refractivity contribution in [2.24, 2.45) is 0 Å². The summed E-state index contributed by atoms with van der Waals surface area (Å²) >= 11 is 1.82. The van der Waals surface area contributed by atoms with Crippen LogP contribution in [-0.2, 0) is 22.6 Å². The molecule has 0 unspecified atom stereocenters. The average molecular weight is 404 g/mol. The Morgan fingerprint density at radius 3 is 2.82 bits per heavy atom. The predicted molar refractivity (Wildman–Crippen MR) is 108 cm³/mol. The zero-order valence-electron chi connectivity index (χ0n) is 16.2. The van der Waals surface area contributed by atoms with E-state index in [1.54, 1.807) is 25.3 Å². The maximum atomic E-state index is 14.3. The van der Waals surface area contributed by atoms with Crippen molar-refractivity contribution < 1.29 is 18.7 Å². The van der Waals surface area contributed by atoms with Crippen LogP contribution in [0.3, 0.4) is 0 Å². The molecule has 0 N–H and O–H groups in total. The second-order valence-corrected chi connectivity index (χ2v) is 8.13. The molecule has 0 aliphatic heterocycles. The number of aromatic nitrogens is 1. The van der Waals surface area contributed by atoms with Crippen LogP contribution in [0.4, 0.5) is 4.39 Å². The monoisotopic (exact) mass is 403 g/mol. The number of ether oxygens (including phenoxy) is 2. The van der Waals surface area contributed by atoms with Crippen LogP contribution in [-0.4, -0.2) is 22.8 Å². The van der Waals surface area contributed by atoms with E-state index in [9.17, 15) is 9.18 Å². The molecule has 4 nitrogen and oxygen atoms in total. The number of benzene rings is 1. The van der Waals surface area contributed by atoms with Crippen LogP contribution in [0.1, 0.15) is 50.2 Å². The highest BCUT2D eigenvalue weighted by Crippen LogP contribution is 2.35. The van der Waals surface area contributed by atoms with E-state index >= 15 is 0 Å². The van der Waals surface area contributed by atoms with Crippen molar-refractivity contribution in [3.63, 3.8) is 0 Å². The number of aryl methyl sites for hydroxylation is 1. The van der Waals surface area contributed by atoms with Gasteiger partial charge in [-0.3, -0.25) is 4.79 Å². The molecule has 1 aromatic heterocycles. The highest BCUT2D eigenvalue weighted by molar-refractivity contribution is 7.99. The Labute approximate surface area is 169 Å². The van der Waals surface area contributed by atoms with Gasteiger partial charge in [0.25, 0.3) is 0 Å². The zero-order valence-corrected chi connectivity index (χ0v) is 17.0. The lowest BCUT2D eigenvalue weighted by atomic mass is 10.1. The highest BCUT2D eigenvalue weighted by atomic mass is 32.2. The van der Waals surface area contributed by atoms with Gasteiger partial charge in [-0.2, -0.15) is 0 Å². The molecule has 0 atom stereocenters. The SMILES string of the molecule is CCOC(=O)CCc1ccc(OCc2cccnc2SC2CCCC2)cc1F. The van der Waals surface area contributed by atoms with E-state index in [0.717, 1.165) is 10.6 Å². The number of thioether (sulfide) groups is 1. The predicted octanol–water partition coefficient (Wildman–Crippen LogP) is 5.33. The second kappa shape index (κ2) is 10.5. The van der Waals surface area contributed by atoms with E-state index in [4.69, 9.17) is 9.47 Å². The van der Waals surface area contributed by atoms with Gasteiger partial charge in [-0.05, 0) is 43.9 Å². The number of esters is 1. The van der Waals surface area contributed by atoms with Crippen LogP contribution in [0.15, 0.2) is 41.6 Å². The third-order valence-electron chi connectivity index (χ3n) is 4.75. The third kappa shape index (κ3) is 5.96. The third-order valence-corrected chi connectivity index (χ3v) is 6.15. The number of nitrogens with zero attached hydrogens (tertiary/aromatic N) is 1. The van der Waals surface area contributed by atoms with Gasteiger partial charge in [0, 0.05) is 29.5 Å². The average Bonchev–Trinajstić information content (AvgIpc) is 3.20. The van der Waals surface area contributed by atoms with Crippen molar-refractivity contribution in [2.75, 3.05) is 6.61 Å². The van der Waals surface area contributed by atoms with Crippen LogP contribution in [0.25, 0.3) is 0 Å². The summed E-state index contributed by atoms with van der Waals surface area (Å²) in [7, 11) is 0. The van der Waals surface area contributed by atoms with Crippen molar-refractivity contribution in [3.05, 3.63) is 53.5 Å². The Morgan fingerprint density at radius 2 is 2.07 bits per heavy atom. The van der Waals surface area contributed by atoms with Gasteiger partial charge in [0.05, 0.1) is 6.61 Å². The molecule has 0 amide bonds. The minimum Gasteiger partial charge on any atom is -0.489 e. The number of hydrogen-bond acceptors (Lipinski definition) is 5. The van der Waals surface area contributed by atoms with Crippen LogP contribution >= 0.6 is 11.8 Å². The van der Waals surface area contributed by atoms with Crippen LogP contribution in [0.2, 0.25) is 0 Å². The normalized spacial score (nSPS) is 14.2. The lowest BCUT2D eigenvalue weighted by molar-refractivity contribution is -0.143. The van der Waals surface area contributed by atoms with E-state index in [1.165, 1.54) is 31.7 Å². The lowest BCUT2D eigenvalue weighted by Crippen LogP contribution is -2.06. The second-order valence-electron chi connectivity index (χ2n) is 6.84. The molecule has 1 aliphatic carbocycles. The number of rotatable bonds is 9. The Hall–Kier alpha value is -2.08. The molecule has 6 heteroatoms. The first-order valence-corrected chi connectivity index (χ1v) is 10.7. The number of pyridine rings is 1. The summed E-state index contributed by atoms with van der Waals surface area (Å²) in [6.45, 7) is 2.44. The van der Waals surface area contributed by atoms with Gasteiger partial charge in [0.1, 0.15) is 23.2 Å². The summed E-state index contributed by atoms with van der Waals surface area (Å²) in [5.74, 6) is -0.210. The van der Waals surface area contributed by atoms with Crippen LogP contribution < -0.4 is 4.74 Å². The summed E-state index contributed by atoms with van der Waals surface area (Å²) in [5, 5.41) is 1.63. The molecule has 3 rings (SSSR count). The van der Waals surface area contributed by atoms with Gasteiger partial charge in [0.2, 0.25) is 0 Å². The molecule has 1 saturated carbocycles. The molecule has 1 fully saturated rings. The van der Waals surface area contributed by atoms with Crippen molar-refractivity contribution in [2.45, 2.75) is 62.3 Å². The summed E-state index contributed by atoms with van der Waals surface area (Å²) in [6.07, 6.45) is 7.34. The summed E-state index contributed by atoms with van der Waals surface area (Å²) < 4.78 is 25.0. The van der Waals surface area contributed by atoms with Gasteiger partial charge in [-0.1, -0.05) is 25.0 Å². The maximum Gasteiger partial charge on any atom is 0.306 e. The largest absolute Gasteiger partial charge is 0.489 e. The number of carbonyl (C=O) groups excluding carboxylic acids is 1. The first-order chi connectivity index (χ1) is 13.7. The van der Waals surface area contributed by atoms with Crippen molar-refractivity contribution in [1.82, 2.24) is 4.98 Å². The van der Waals surface area contributed by atoms with Gasteiger partial charge < -0.3 is 9.47 Å². The van der Waals surface area contributed by atoms with Crippen molar-refractivity contribution in [3.8, 4) is 5.75 Å². The molecule has 2 aromatic rings.